The van der Waals surface area contributed by atoms with Crippen molar-refractivity contribution in [1.29, 1.82) is 0 Å². The largest absolute Gasteiger partial charge is 0.608 e. The van der Waals surface area contributed by atoms with E-state index in [1.807, 2.05) is 13.8 Å². The zero-order valence-corrected chi connectivity index (χ0v) is 6.00. The van der Waals surface area contributed by atoms with Crippen LogP contribution in [-0.4, -0.2) is 21.8 Å². The van der Waals surface area contributed by atoms with Gasteiger partial charge >= 0.3 is 15.9 Å². The molecular formula is C4H7NO2Si. The number of nitrogens with zero attached hydrogens (tertiary/aromatic N) is 1. The van der Waals surface area contributed by atoms with E-state index in [-0.39, 0.29) is 10.0 Å². The van der Waals surface area contributed by atoms with Crippen LogP contribution in [0.25, 0.3) is 0 Å². The first-order chi connectivity index (χ1) is 3.79. The molecule has 0 aromatic heterocycles. The van der Waals surface area contributed by atoms with Crippen molar-refractivity contribution in [1.82, 2.24) is 0 Å². The molecule has 1 aliphatic rings. The molecule has 0 aromatic carbocycles. The van der Waals surface area contributed by atoms with Gasteiger partial charge in [-0.3, -0.25) is 0 Å². The summed E-state index contributed by atoms with van der Waals surface area (Å²) in [5.74, 6) is 1.42. The maximum absolute atomic E-state index is 4.94. The van der Waals surface area contributed by atoms with E-state index in [9.17, 15) is 0 Å². The number of carbonyl (C=O) groups excluding carboxylic acids is 1. The molecule has 0 atom stereocenters. The predicted molar refractivity (Wildman–Crippen MR) is 32.0 cm³/mol. The molecule has 0 unspecified atom stereocenters. The lowest BCUT2D eigenvalue weighted by atomic mass is 10.7. The van der Waals surface area contributed by atoms with E-state index in [4.69, 9.17) is 8.54 Å². The summed E-state index contributed by atoms with van der Waals surface area (Å²) in [5, 5.41) is 0. The second-order valence-corrected chi connectivity index (χ2v) is 2.15. The van der Waals surface area contributed by atoms with Crippen LogP contribution in [-0.2, 0) is 8.54 Å². The van der Waals surface area contributed by atoms with Crippen LogP contribution in [0.4, 0.5) is 0 Å². The second kappa shape index (κ2) is 2.08. The first kappa shape index (κ1) is 5.49. The fourth-order valence-corrected chi connectivity index (χ4v) is 0.870. The predicted octanol–water partition coefficient (Wildman–Crippen LogP) is -0.216. The number of rotatable bonds is 0. The van der Waals surface area contributed by atoms with E-state index in [0.29, 0.717) is 11.8 Å². The molecule has 44 valence electrons. The van der Waals surface area contributed by atoms with E-state index >= 15 is 0 Å². The molecule has 0 saturated carbocycles. The van der Waals surface area contributed by atoms with Crippen LogP contribution in [0.2, 0.25) is 0 Å². The Hall–Kier alpha value is -0.643. The Balaban J connectivity index is 2.69. The van der Waals surface area contributed by atoms with Crippen LogP contribution in [0.15, 0.2) is 4.99 Å². The lowest BCUT2D eigenvalue weighted by molar-refractivity contribution is -0.304. The van der Waals surface area contributed by atoms with Gasteiger partial charge in [0, 0.05) is 6.92 Å². The van der Waals surface area contributed by atoms with Crippen LogP contribution in [0.1, 0.15) is 13.8 Å². The monoisotopic (exact) mass is 129 g/mol. The first-order valence-electron chi connectivity index (χ1n) is 2.33. The Kier molecular flexibility index (Phi) is 1.43. The Bertz CT molecular complexity index is 152. The summed E-state index contributed by atoms with van der Waals surface area (Å²) < 4.78 is 9.88. The molecule has 1 heterocycles. The van der Waals surface area contributed by atoms with Gasteiger partial charge in [-0.1, -0.05) is 0 Å². The first-order valence-corrected chi connectivity index (χ1v) is 3.27. The van der Waals surface area contributed by atoms with Crippen molar-refractivity contribution in [3.05, 3.63) is 0 Å². The van der Waals surface area contributed by atoms with Crippen molar-refractivity contribution < 1.29 is 8.54 Å². The van der Waals surface area contributed by atoms with Crippen LogP contribution in [0.3, 0.4) is 0 Å². The van der Waals surface area contributed by atoms with E-state index in [0.717, 1.165) is 0 Å². The maximum Gasteiger partial charge on any atom is 0.442 e. The average Bonchev–Trinajstić information content (AvgIpc) is 1.64. The molecule has 3 nitrogen and oxygen atoms in total. The number of amides is 1. The number of hydrogen-bond acceptors (Lipinski definition) is 2. The zero-order valence-electron chi connectivity index (χ0n) is 4.84. The molecule has 4 heteroatoms. The third-order valence-corrected chi connectivity index (χ3v) is 1.63. The third kappa shape index (κ3) is 1.16. The summed E-state index contributed by atoms with van der Waals surface area (Å²) >= 11 is 0. The highest BCUT2D eigenvalue weighted by molar-refractivity contribution is 6.23. The highest BCUT2D eigenvalue weighted by Crippen LogP contribution is 1.87. The fourth-order valence-electron chi connectivity index (χ4n) is 0.438. The lowest BCUT2D eigenvalue weighted by Gasteiger charge is -2.06. The standard InChI is InChI=1S/C4H7NO2Si/c1-3-5-4(2)7-8-6-3/h8H,1-2H3. The quantitative estimate of drug-likeness (QED) is 0.329. The minimum atomic E-state index is -0.330. The van der Waals surface area contributed by atoms with E-state index in [1.54, 1.807) is 0 Å². The van der Waals surface area contributed by atoms with Crippen LogP contribution in [0, 0.1) is 0 Å². The molecule has 0 bridgehead atoms. The van der Waals surface area contributed by atoms with E-state index in [2.05, 4.69) is 4.99 Å². The van der Waals surface area contributed by atoms with Crippen molar-refractivity contribution in [2.24, 2.45) is 4.99 Å². The highest BCUT2D eigenvalue weighted by Gasteiger charge is 2.02. The van der Waals surface area contributed by atoms with Gasteiger partial charge in [-0.15, -0.1) is 4.99 Å². The van der Waals surface area contributed by atoms with Gasteiger partial charge < -0.3 is 8.54 Å². The highest BCUT2D eigenvalue weighted by atomic mass is 28.2. The van der Waals surface area contributed by atoms with Crippen molar-refractivity contribution in [2.75, 3.05) is 0 Å². The molecule has 0 spiro atoms. The molecule has 0 amide bonds. The molecule has 1 rings (SSSR count). The SMILES string of the molecule is CC1=NC(C)=[O+][SiH-]O1. The second-order valence-electron chi connectivity index (χ2n) is 1.48. The summed E-state index contributed by atoms with van der Waals surface area (Å²) in [7, 11) is -0.330. The molecule has 0 N–H and O–H groups in total. The fraction of sp³-hybridized carbons (Fsp3) is 0.500. The summed E-state index contributed by atoms with van der Waals surface area (Å²) in [4.78, 5) is 3.89. The van der Waals surface area contributed by atoms with Crippen molar-refractivity contribution in [3.8, 4) is 0 Å². The number of hydrogen-bond donors (Lipinski definition) is 0. The van der Waals surface area contributed by atoms with Gasteiger partial charge in [0.2, 0.25) is 0 Å². The average molecular weight is 129 g/mol. The van der Waals surface area contributed by atoms with Gasteiger partial charge in [-0.05, 0) is 0 Å². The molecule has 0 saturated heterocycles. The Morgan fingerprint density at radius 1 is 1.62 bits per heavy atom. The van der Waals surface area contributed by atoms with Gasteiger partial charge in [0.05, 0.1) is 6.92 Å². The summed E-state index contributed by atoms with van der Waals surface area (Å²) in [5.41, 5.74) is 0. The van der Waals surface area contributed by atoms with Crippen molar-refractivity contribution in [3.63, 3.8) is 0 Å². The Morgan fingerprint density at radius 2 is 2.38 bits per heavy atom. The zero-order chi connectivity index (χ0) is 5.98. The summed E-state index contributed by atoms with van der Waals surface area (Å²) in [6, 6.07) is 0. The van der Waals surface area contributed by atoms with E-state index in [1.165, 1.54) is 0 Å². The molecular weight excluding hydrogens is 122 g/mol. The van der Waals surface area contributed by atoms with Crippen LogP contribution < -0.4 is 0 Å². The Morgan fingerprint density at radius 3 is 2.75 bits per heavy atom. The minimum absolute atomic E-state index is 0.330. The minimum Gasteiger partial charge on any atom is -0.608 e. The molecule has 0 aromatic rings. The van der Waals surface area contributed by atoms with Crippen LogP contribution >= 0.6 is 0 Å². The van der Waals surface area contributed by atoms with Crippen LogP contribution in [0.5, 0.6) is 0 Å². The maximum atomic E-state index is 4.94. The van der Waals surface area contributed by atoms with Crippen molar-refractivity contribution >= 4 is 21.8 Å². The molecule has 0 radical (unpaired) electrons. The molecule has 0 aliphatic carbocycles. The molecule has 0 fully saturated rings. The van der Waals surface area contributed by atoms with Gasteiger partial charge in [-0.25, -0.2) is 0 Å². The lowest BCUT2D eigenvalue weighted by Crippen LogP contribution is -2.15. The Labute approximate surface area is 50.1 Å². The smallest absolute Gasteiger partial charge is 0.442 e. The van der Waals surface area contributed by atoms with E-state index < -0.39 is 0 Å². The van der Waals surface area contributed by atoms with Gasteiger partial charge in [-0.2, -0.15) is 0 Å². The summed E-state index contributed by atoms with van der Waals surface area (Å²) in [6.45, 7) is 3.64. The normalized spacial score (nSPS) is 17.8. The molecule has 1 aliphatic heterocycles. The van der Waals surface area contributed by atoms with Gasteiger partial charge in [0.1, 0.15) is 0 Å². The molecule has 8 heavy (non-hydrogen) atoms. The number of aliphatic imine (C=N–C) groups is 1. The van der Waals surface area contributed by atoms with Crippen molar-refractivity contribution in [2.45, 2.75) is 13.8 Å². The third-order valence-electron chi connectivity index (χ3n) is 0.752. The summed E-state index contributed by atoms with van der Waals surface area (Å²) in [6.07, 6.45) is 0. The van der Waals surface area contributed by atoms with Gasteiger partial charge in [0.15, 0.2) is 5.90 Å². The van der Waals surface area contributed by atoms with Gasteiger partial charge in [0.25, 0.3) is 0 Å². The topological polar surface area (TPSA) is 32.9 Å².